The summed E-state index contributed by atoms with van der Waals surface area (Å²) < 4.78 is 0. The molecular formula is C18H25N3. The lowest BCUT2D eigenvalue weighted by molar-refractivity contribution is 0.692. The minimum atomic E-state index is 0.220. The van der Waals surface area contributed by atoms with Crippen molar-refractivity contribution in [2.45, 2.75) is 6.04 Å². The minimum absolute atomic E-state index is 0.220. The molecule has 0 aliphatic heterocycles. The van der Waals surface area contributed by atoms with E-state index in [1.54, 1.807) is 0 Å². The second-order valence-electron chi connectivity index (χ2n) is 5.69. The van der Waals surface area contributed by atoms with E-state index in [-0.39, 0.29) is 6.04 Å². The van der Waals surface area contributed by atoms with E-state index in [4.69, 9.17) is 0 Å². The highest BCUT2D eigenvalue weighted by Gasteiger charge is 2.12. The summed E-state index contributed by atoms with van der Waals surface area (Å²) in [7, 11) is 10.2. The number of nitrogens with one attached hydrogen (secondary N) is 1. The van der Waals surface area contributed by atoms with Gasteiger partial charge in [-0.2, -0.15) is 0 Å². The van der Waals surface area contributed by atoms with Crippen LogP contribution in [0.5, 0.6) is 0 Å². The third-order valence-corrected chi connectivity index (χ3v) is 3.77. The van der Waals surface area contributed by atoms with Gasteiger partial charge in [-0.15, -0.1) is 0 Å². The van der Waals surface area contributed by atoms with Gasteiger partial charge in [0.05, 0.1) is 6.04 Å². The molecule has 0 aliphatic rings. The Kier molecular flexibility index (Phi) is 4.86. The number of anilines is 2. The van der Waals surface area contributed by atoms with Crippen LogP contribution in [0.1, 0.15) is 17.2 Å². The number of benzene rings is 2. The minimum Gasteiger partial charge on any atom is -0.378 e. The monoisotopic (exact) mass is 283 g/mol. The molecule has 112 valence electrons. The summed E-state index contributed by atoms with van der Waals surface area (Å²) >= 11 is 0. The van der Waals surface area contributed by atoms with Gasteiger partial charge in [-0.3, -0.25) is 0 Å². The van der Waals surface area contributed by atoms with Crippen molar-refractivity contribution >= 4 is 11.4 Å². The molecule has 0 aliphatic carbocycles. The van der Waals surface area contributed by atoms with Crippen molar-refractivity contribution in [3.63, 3.8) is 0 Å². The number of nitrogens with zero attached hydrogens (tertiary/aromatic N) is 2. The summed E-state index contributed by atoms with van der Waals surface area (Å²) in [6.07, 6.45) is 0. The molecule has 2 rings (SSSR count). The van der Waals surface area contributed by atoms with E-state index in [1.165, 1.54) is 22.5 Å². The third kappa shape index (κ3) is 3.56. The second-order valence-corrected chi connectivity index (χ2v) is 5.69. The normalized spacial score (nSPS) is 10.8. The average molecular weight is 283 g/mol. The number of rotatable bonds is 5. The van der Waals surface area contributed by atoms with E-state index in [2.05, 4.69) is 91.8 Å². The van der Waals surface area contributed by atoms with Crippen molar-refractivity contribution in [2.24, 2.45) is 0 Å². The van der Waals surface area contributed by atoms with Crippen LogP contribution in [0.15, 0.2) is 48.5 Å². The fourth-order valence-electron chi connectivity index (χ4n) is 2.46. The molecule has 0 radical (unpaired) electrons. The van der Waals surface area contributed by atoms with Gasteiger partial charge in [0.15, 0.2) is 0 Å². The molecular weight excluding hydrogens is 258 g/mol. The summed E-state index contributed by atoms with van der Waals surface area (Å²) in [5.41, 5.74) is 4.99. The lowest BCUT2D eigenvalue weighted by Crippen LogP contribution is -2.18. The van der Waals surface area contributed by atoms with Crippen LogP contribution in [0.2, 0.25) is 0 Å². The fourth-order valence-corrected chi connectivity index (χ4v) is 2.46. The van der Waals surface area contributed by atoms with Crippen molar-refractivity contribution in [3.05, 3.63) is 59.7 Å². The fraction of sp³-hybridized carbons (Fsp3) is 0.333. The SMILES string of the molecule is CNC(c1ccc(N(C)C)cc1)c1ccc(N(C)C)cc1. The Morgan fingerprint density at radius 3 is 1.24 bits per heavy atom. The maximum Gasteiger partial charge on any atom is 0.0574 e. The first-order valence-electron chi connectivity index (χ1n) is 7.24. The zero-order valence-electron chi connectivity index (χ0n) is 13.6. The summed E-state index contributed by atoms with van der Waals surface area (Å²) in [5.74, 6) is 0. The van der Waals surface area contributed by atoms with Crippen molar-refractivity contribution in [1.82, 2.24) is 5.32 Å². The zero-order valence-corrected chi connectivity index (χ0v) is 13.6. The Bertz CT molecular complexity index is 505. The van der Waals surface area contributed by atoms with E-state index in [9.17, 15) is 0 Å². The highest BCUT2D eigenvalue weighted by Crippen LogP contribution is 2.25. The van der Waals surface area contributed by atoms with Gasteiger partial charge in [0, 0.05) is 39.6 Å². The standard InChI is InChI=1S/C18H25N3/c1-19-18(14-6-10-16(11-7-14)20(2)3)15-8-12-17(13-9-15)21(4)5/h6-13,18-19H,1-5H3. The number of hydrogen-bond donors (Lipinski definition) is 1. The summed E-state index contributed by atoms with van der Waals surface area (Å²) in [4.78, 5) is 4.23. The smallest absolute Gasteiger partial charge is 0.0574 e. The molecule has 0 aromatic heterocycles. The van der Waals surface area contributed by atoms with Gasteiger partial charge in [0.1, 0.15) is 0 Å². The van der Waals surface area contributed by atoms with Gasteiger partial charge in [0.2, 0.25) is 0 Å². The van der Waals surface area contributed by atoms with Crippen molar-refractivity contribution in [1.29, 1.82) is 0 Å². The van der Waals surface area contributed by atoms with Crippen molar-refractivity contribution in [3.8, 4) is 0 Å². The Morgan fingerprint density at radius 1 is 0.667 bits per heavy atom. The van der Waals surface area contributed by atoms with Gasteiger partial charge >= 0.3 is 0 Å². The number of hydrogen-bond acceptors (Lipinski definition) is 3. The van der Waals surface area contributed by atoms with Crippen molar-refractivity contribution < 1.29 is 0 Å². The molecule has 0 unspecified atom stereocenters. The second kappa shape index (κ2) is 6.64. The first-order chi connectivity index (χ1) is 10.0. The topological polar surface area (TPSA) is 18.5 Å². The maximum absolute atomic E-state index is 3.40. The lowest BCUT2D eigenvalue weighted by atomic mass is 9.98. The quantitative estimate of drug-likeness (QED) is 0.909. The molecule has 0 atom stereocenters. The lowest BCUT2D eigenvalue weighted by Gasteiger charge is -2.20. The molecule has 1 N–H and O–H groups in total. The van der Waals surface area contributed by atoms with Gasteiger partial charge in [-0.05, 0) is 42.4 Å². The highest BCUT2D eigenvalue weighted by molar-refractivity contribution is 5.50. The predicted molar refractivity (Wildman–Crippen MR) is 92.4 cm³/mol. The molecule has 0 fully saturated rings. The zero-order chi connectivity index (χ0) is 15.4. The Balaban J connectivity index is 2.26. The summed E-state index contributed by atoms with van der Waals surface area (Å²) in [6.45, 7) is 0. The van der Waals surface area contributed by atoms with E-state index >= 15 is 0 Å². The Morgan fingerprint density at radius 2 is 1.00 bits per heavy atom. The van der Waals surface area contributed by atoms with E-state index < -0.39 is 0 Å². The molecule has 3 heteroatoms. The van der Waals surface area contributed by atoms with Crippen LogP contribution < -0.4 is 15.1 Å². The molecule has 2 aromatic carbocycles. The van der Waals surface area contributed by atoms with Crippen LogP contribution in [-0.2, 0) is 0 Å². The third-order valence-electron chi connectivity index (χ3n) is 3.77. The van der Waals surface area contributed by atoms with Crippen LogP contribution in [-0.4, -0.2) is 35.2 Å². The van der Waals surface area contributed by atoms with E-state index in [0.29, 0.717) is 0 Å². The van der Waals surface area contributed by atoms with E-state index in [1.807, 2.05) is 7.05 Å². The largest absolute Gasteiger partial charge is 0.378 e. The molecule has 0 bridgehead atoms. The van der Waals surface area contributed by atoms with Crippen molar-refractivity contribution in [2.75, 3.05) is 45.0 Å². The molecule has 2 aromatic rings. The van der Waals surface area contributed by atoms with Crippen LogP contribution in [0.3, 0.4) is 0 Å². The molecule has 0 saturated heterocycles. The van der Waals surface area contributed by atoms with E-state index in [0.717, 1.165) is 0 Å². The maximum atomic E-state index is 3.40. The van der Waals surface area contributed by atoms with Gasteiger partial charge in [0.25, 0.3) is 0 Å². The molecule has 3 nitrogen and oxygen atoms in total. The first kappa shape index (κ1) is 15.4. The van der Waals surface area contributed by atoms with Crippen LogP contribution in [0.4, 0.5) is 11.4 Å². The predicted octanol–water partition coefficient (Wildman–Crippen LogP) is 3.13. The first-order valence-corrected chi connectivity index (χ1v) is 7.24. The molecule has 0 spiro atoms. The molecule has 0 amide bonds. The molecule has 21 heavy (non-hydrogen) atoms. The van der Waals surface area contributed by atoms with Gasteiger partial charge in [-0.25, -0.2) is 0 Å². The Labute approximate surface area is 128 Å². The highest BCUT2D eigenvalue weighted by atomic mass is 15.1. The van der Waals surface area contributed by atoms with Crippen LogP contribution in [0.25, 0.3) is 0 Å². The van der Waals surface area contributed by atoms with Crippen LogP contribution >= 0.6 is 0 Å². The average Bonchev–Trinajstić information content (AvgIpc) is 2.49. The molecule has 0 saturated carbocycles. The van der Waals surface area contributed by atoms with Crippen LogP contribution in [0, 0.1) is 0 Å². The Hall–Kier alpha value is -2.00. The van der Waals surface area contributed by atoms with Gasteiger partial charge in [-0.1, -0.05) is 24.3 Å². The summed E-state index contributed by atoms with van der Waals surface area (Å²) in [6, 6.07) is 17.6. The molecule has 0 heterocycles. The van der Waals surface area contributed by atoms with Gasteiger partial charge < -0.3 is 15.1 Å². The summed E-state index contributed by atoms with van der Waals surface area (Å²) in [5, 5.41) is 3.40.